The third kappa shape index (κ3) is 5.68. The van der Waals surface area contributed by atoms with Gasteiger partial charge in [-0.2, -0.15) is 0 Å². The van der Waals surface area contributed by atoms with Crippen LogP contribution in [-0.4, -0.2) is 46.0 Å². The predicted octanol–water partition coefficient (Wildman–Crippen LogP) is 5.61. The molecule has 5 aromatic carbocycles. The maximum absolute atomic E-state index is 10.8. The highest BCUT2D eigenvalue weighted by molar-refractivity contribution is 5.57. The molecule has 0 radical (unpaired) electrons. The molecule has 0 heterocycles. The first-order chi connectivity index (χ1) is 21.4. The number of fused-ring (bicyclic) bond motifs is 10. The Morgan fingerprint density at radius 1 is 0.267 bits per heavy atom. The van der Waals surface area contributed by atoms with Crippen molar-refractivity contribution in [2.75, 3.05) is 0 Å². The monoisotopic (exact) mass is 608 g/mol. The standard InChI is InChI=1S/C36H32O9/c1-17-2-28(37)19-3-18(17)4-20-6-22(30(39)13-29(20)38)8-24-10-26(34(43)15-33(24)42)12-27-11-25(35(44)16-36(27)45)9-23-7-21(5-19)31(40)14-32(23)41/h2-3,6-7,10-11,13-16,37-45H,4-5,8-9,12H2,1H3. The molecule has 6 rings (SSSR count). The maximum Gasteiger partial charge on any atom is 0.122 e. The van der Waals surface area contributed by atoms with E-state index in [1.54, 1.807) is 36.4 Å². The van der Waals surface area contributed by atoms with Gasteiger partial charge in [-0.25, -0.2) is 0 Å². The van der Waals surface area contributed by atoms with Gasteiger partial charge in [0.15, 0.2) is 0 Å². The fourth-order valence-corrected chi connectivity index (χ4v) is 5.97. The van der Waals surface area contributed by atoms with E-state index in [2.05, 4.69) is 0 Å². The number of aryl methyl sites for hydroxylation is 1. The Labute approximate surface area is 258 Å². The summed E-state index contributed by atoms with van der Waals surface area (Å²) in [4.78, 5) is 0. The van der Waals surface area contributed by atoms with Gasteiger partial charge in [-0.15, -0.1) is 0 Å². The second-order valence-electron chi connectivity index (χ2n) is 11.7. The summed E-state index contributed by atoms with van der Waals surface area (Å²) in [5, 5.41) is 96.5. The van der Waals surface area contributed by atoms with Crippen molar-refractivity contribution in [3.05, 3.63) is 122 Å². The molecule has 45 heavy (non-hydrogen) atoms. The summed E-state index contributed by atoms with van der Waals surface area (Å²) >= 11 is 0. The smallest absolute Gasteiger partial charge is 0.122 e. The lowest BCUT2D eigenvalue weighted by atomic mass is 9.90. The van der Waals surface area contributed by atoms with Crippen molar-refractivity contribution >= 4 is 0 Å². The van der Waals surface area contributed by atoms with Crippen molar-refractivity contribution in [1.82, 2.24) is 0 Å². The van der Waals surface area contributed by atoms with E-state index < -0.39 is 0 Å². The third-order valence-corrected chi connectivity index (χ3v) is 8.56. The fraction of sp³-hybridized carbons (Fsp3) is 0.167. The van der Waals surface area contributed by atoms with Gasteiger partial charge in [0.25, 0.3) is 0 Å². The molecule has 9 nitrogen and oxygen atoms in total. The third-order valence-electron chi connectivity index (χ3n) is 8.56. The molecule has 0 spiro atoms. The lowest BCUT2D eigenvalue weighted by molar-refractivity contribution is 0.438. The van der Waals surface area contributed by atoms with Crippen LogP contribution >= 0.6 is 0 Å². The van der Waals surface area contributed by atoms with Gasteiger partial charge < -0.3 is 46.0 Å². The molecule has 0 saturated carbocycles. The zero-order valence-corrected chi connectivity index (χ0v) is 24.3. The van der Waals surface area contributed by atoms with Crippen molar-refractivity contribution in [3.8, 4) is 51.7 Å². The van der Waals surface area contributed by atoms with Crippen LogP contribution < -0.4 is 0 Å². The minimum atomic E-state index is -0.227. The second kappa shape index (κ2) is 11.1. The lowest BCUT2D eigenvalue weighted by Crippen LogP contribution is -2.01. The number of hydrogen-bond donors (Lipinski definition) is 9. The SMILES string of the molecule is Cc1cc(O)c2cc1Cc1cc(c(O)cc1O)Cc1cc(c(O)cc1O)Cc1cc(c(O)cc1O)Cc1cc(c(O)cc1O)C2. The van der Waals surface area contributed by atoms with Crippen molar-refractivity contribution in [2.45, 2.75) is 39.0 Å². The van der Waals surface area contributed by atoms with Crippen LogP contribution in [0.15, 0.2) is 60.7 Å². The first-order valence-corrected chi connectivity index (χ1v) is 14.3. The lowest BCUT2D eigenvalue weighted by Gasteiger charge is -2.17. The minimum Gasteiger partial charge on any atom is -0.508 e. The minimum absolute atomic E-state index is 0.00228. The molecule has 0 unspecified atom stereocenters. The Morgan fingerprint density at radius 2 is 0.444 bits per heavy atom. The molecule has 5 aromatic rings. The second-order valence-corrected chi connectivity index (χ2v) is 11.7. The molecular weight excluding hydrogens is 576 g/mol. The molecule has 0 aromatic heterocycles. The van der Waals surface area contributed by atoms with E-state index in [1.165, 1.54) is 24.3 Å². The van der Waals surface area contributed by atoms with Crippen molar-refractivity contribution in [3.63, 3.8) is 0 Å². The van der Waals surface area contributed by atoms with E-state index >= 15 is 0 Å². The Hall–Kier alpha value is -5.70. The molecule has 1 aliphatic carbocycles. The molecule has 0 saturated heterocycles. The molecule has 10 bridgehead atoms. The highest BCUT2D eigenvalue weighted by Crippen LogP contribution is 2.39. The van der Waals surface area contributed by atoms with Gasteiger partial charge in [-0.1, -0.05) is 6.07 Å². The first kappa shape index (κ1) is 29.4. The van der Waals surface area contributed by atoms with E-state index in [9.17, 15) is 46.0 Å². The summed E-state index contributed by atoms with van der Waals surface area (Å²) in [5.74, 6) is -1.59. The molecule has 0 fully saturated rings. The average molecular weight is 609 g/mol. The van der Waals surface area contributed by atoms with Crippen LogP contribution in [0.5, 0.6) is 51.7 Å². The highest BCUT2D eigenvalue weighted by atomic mass is 16.3. The predicted molar refractivity (Wildman–Crippen MR) is 166 cm³/mol. The van der Waals surface area contributed by atoms with E-state index in [4.69, 9.17) is 0 Å². The number of phenolic OH excluding ortho intramolecular Hbond substituents is 9. The normalized spacial score (nSPS) is 12.9. The first-order valence-electron chi connectivity index (χ1n) is 14.3. The molecule has 0 atom stereocenters. The van der Waals surface area contributed by atoms with Crippen LogP contribution in [0.3, 0.4) is 0 Å². The van der Waals surface area contributed by atoms with E-state index in [-0.39, 0.29) is 83.8 Å². The zero-order chi connectivity index (χ0) is 32.2. The Bertz CT molecular complexity index is 1540. The van der Waals surface area contributed by atoms with Crippen molar-refractivity contribution in [1.29, 1.82) is 0 Å². The maximum atomic E-state index is 10.8. The van der Waals surface area contributed by atoms with Gasteiger partial charge in [0.1, 0.15) is 51.7 Å². The zero-order valence-electron chi connectivity index (χ0n) is 24.3. The van der Waals surface area contributed by atoms with Crippen molar-refractivity contribution < 1.29 is 46.0 Å². The van der Waals surface area contributed by atoms with Gasteiger partial charge in [-0.3, -0.25) is 0 Å². The largest absolute Gasteiger partial charge is 0.508 e. The van der Waals surface area contributed by atoms with Crippen LogP contribution in [0.1, 0.15) is 61.2 Å². The van der Waals surface area contributed by atoms with Gasteiger partial charge in [-0.05, 0) is 98.5 Å². The van der Waals surface area contributed by atoms with Gasteiger partial charge >= 0.3 is 0 Å². The molecule has 230 valence electrons. The summed E-state index contributed by atoms with van der Waals surface area (Å²) in [6.07, 6.45) is 0.447. The van der Waals surface area contributed by atoms with Crippen LogP contribution in [-0.2, 0) is 32.1 Å². The number of benzene rings is 5. The highest BCUT2D eigenvalue weighted by Gasteiger charge is 2.20. The van der Waals surface area contributed by atoms with Crippen LogP contribution in [0.4, 0.5) is 0 Å². The summed E-state index contributed by atoms with van der Waals surface area (Å²) in [6.45, 7) is 1.82. The number of hydrogen-bond acceptors (Lipinski definition) is 9. The van der Waals surface area contributed by atoms with E-state index in [0.717, 1.165) is 11.1 Å². The molecule has 9 heteroatoms. The molecule has 0 aliphatic heterocycles. The van der Waals surface area contributed by atoms with Crippen molar-refractivity contribution in [2.24, 2.45) is 0 Å². The van der Waals surface area contributed by atoms with Crippen LogP contribution in [0.25, 0.3) is 0 Å². The average Bonchev–Trinajstić information content (AvgIpc) is 2.96. The van der Waals surface area contributed by atoms with Gasteiger partial charge in [0.05, 0.1) is 0 Å². The van der Waals surface area contributed by atoms with Gasteiger partial charge in [0.2, 0.25) is 0 Å². The van der Waals surface area contributed by atoms with Gasteiger partial charge in [0, 0.05) is 56.4 Å². The molecule has 0 amide bonds. The molecular formula is C36H32O9. The summed E-state index contributed by atoms with van der Waals surface area (Å²) < 4.78 is 0. The fourth-order valence-electron chi connectivity index (χ4n) is 5.97. The Morgan fingerprint density at radius 3 is 0.689 bits per heavy atom. The number of aromatic hydroxyl groups is 9. The topological polar surface area (TPSA) is 182 Å². The molecule has 9 N–H and O–H groups in total. The Kier molecular flexibility index (Phi) is 7.24. The summed E-state index contributed by atoms with van der Waals surface area (Å²) in [6, 6.07) is 14.5. The quantitative estimate of drug-likeness (QED) is 0.106. The van der Waals surface area contributed by atoms with E-state index in [1.807, 2.05) is 6.92 Å². The summed E-state index contributed by atoms with van der Waals surface area (Å²) in [7, 11) is 0. The Balaban J connectivity index is 1.57. The number of rotatable bonds is 0. The van der Waals surface area contributed by atoms with Crippen LogP contribution in [0, 0.1) is 6.92 Å². The molecule has 1 aliphatic rings. The van der Waals surface area contributed by atoms with E-state index in [0.29, 0.717) is 50.1 Å². The van der Waals surface area contributed by atoms with Crippen LogP contribution in [0.2, 0.25) is 0 Å². The summed E-state index contributed by atoms with van der Waals surface area (Å²) in [5.41, 5.74) is 5.19. The number of phenols is 9.